The van der Waals surface area contributed by atoms with Gasteiger partial charge in [-0.1, -0.05) is 18.2 Å². The van der Waals surface area contributed by atoms with Gasteiger partial charge in [-0.3, -0.25) is 9.69 Å². The van der Waals surface area contributed by atoms with Crippen molar-refractivity contribution in [2.45, 2.75) is 19.9 Å². The van der Waals surface area contributed by atoms with E-state index in [4.69, 9.17) is 9.47 Å². The number of methoxy groups -OCH3 is 2. The van der Waals surface area contributed by atoms with Gasteiger partial charge in [-0.25, -0.2) is 0 Å². The highest BCUT2D eigenvalue weighted by Gasteiger charge is 2.27. The lowest BCUT2D eigenvalue weighted by molar-refractivity contribution is 0.0884. The molecule has 2 aromatic rings. The van der Waals surface area contributed by atoms with E-state index in [1.54, 1.807) is 32.4 Å². The Morgan fingerprint density at radius 3 is 2.56 bits per heavy atom. The Balaban J connectivity index is 1.67. The minimum atomic E-state index is 0.0747. The fourth-order valence-electron chi connectivity index (χ4n) is 3.67. The molecule has 1 aliphatic rings. The predicted octanol–water partition coefficient (Wildman–Crippen LogP) is 3.41. The number of hydrogen-bond acceptors (Lipinski definition) is 5. The maximum absolute atomic E-state index is 12.9. The van der Waals surface area contributed by atoms with Crippen LogP contribution in [0.4, 0.5) is 5.69 Å². The quantitative estimate of drug-likeness (QED) is 0.731. The molecular formula is C22H28N2O3. The molecule has 0 radical (unpaired) electrons. The summed E-state index contributed by atoms with van der Waals surface area (Å²) in [6.45, 7) is 7.42. The number of ether oxygens (including phenoxy) is 2. The summed E-state index contributed by atoms with van der Waals surface area (Å²) in [5, 5.41) is 0. The Bertz CT molecular complexity index is 806. The third kappa shape index (κ3) is 4.25. The van der Waals surface area contributed by atoms with Crippen LogP contribution >= 0.6 is 0 Å². The first-order valence-corrected chi connectivity index (χ1v) is 9.33. The van der Waals surface area contributed by atoms with Crippen LogP contribution in [0.3, 0.4) is 0 Å². The Morgan fingerprint density at radius 1 is 1.11 bits per heavy atom. The highest BCUT2D eigenvalue weighted by atomic mass is 16.5. The van der Waals surface area contributed by atoms with Crippen molar-refractivity contribution < 1.29 is 14.3 Å². The van der Waals surface area contributed by atoms with E-state index in [-0.39, 0.29) is 5.78 Å². The second-order valence-electron chi connectivity index (χ2n) is 7.04. The van der Waals surface area contributed by atoms with Crippen molar-refractivity contribution in [1.29, 1.82) is 0 Å². The van der Waals surface area contributed by atoms with Crippen molar-refractivity contribution in [2.24, 2.45) is 0 Å². The number of rotatable bonds is 6. The van der Waals surface area contributed by atoms with Crippen LogP contribution in [0.15, 0.2) is 42.5 Å². The predicted molar refractivity (Wildman–Crippen MR) is 108 cm³/mol. The minimum Gasteiger partial charge on any atom is -0.497 e. The zero-order chi connectivity index (χ0) is 19.4. The van der Waals surface area contributed by atoms with Gasteiger partial charge in [0.1, 0.15) is 11.5 Å². The number of hydrogen-bond donors (Lipinski definition) is 0. The third-order valence-corrected chi connectivity index (χ3v) is 5.28. The first-order chi connectivity index (χ1) is 13.0. The summed E-state index contributed by atoms with van der Waals surface area (Å²) in [6.07, 6.45) is 0. The lowest BCUT2D eigenvalue weighted by Crippen LogP contribution is -2.53. The van der Waals surface area contributed by atoms with E-state index in [1.165, 1.54) is 11.3 Å². The number of para-hydroxylation sites is 1. The molecule has 0 aliphatic carbocycles. The number of carbonyl (C=O) groups excluding carboxylic acids is 1. The van der Waals surface area contributed by atoms with Gasteiger partial charge >= 0.3 is 0 Å². The summed E-state index contributed by atoms with van der Waals surface area (Å²) in [5.41, 5.74) is 3.18. The van der Waals surface area contributed by atoms with E-state index >= 15 is 0 Å². The molecule has 3 rings (SSSR count). The zero-order valence-electron chi connectivity index (χ0n) is 16.6. The smallest absolute Gasteiger partial charge is 0.180 e. The van der Waals surface area contributed by atoms with Crippen molar-refractivity contribution >= 4 is 11.5 Å². The number of benzene rings is 2. The van der Waals surface area contributed by atoms with Crippen molar-refractivity contribution in [3.8, 4) is 11.5 Å². The van der Waals surface area contributed by atoms with Gasteiger partial charge in [-0.05, 0) is 37.6 Å². The molecule has 5 heteroatoms. The van der Waals surface area contributed by atoms with Gasteiger partial charge in [0.25, 0.3) is 0 Å². The van der Waals surface area contributed by atoms with Gasteiger partial charge in [0.05, 0.1) is 26.3 Å². The number of carbonyl (C=O) groups is 1. The zero-order valence-corrected chi connectivity index (χ0v) is 16.6. The normalized spacial score (nSPS) is 17.6. The SMILES string of the molecule is COc1ccc(C(=O)CN2CCN(c3ccccc3C)CC2C)c(OC)c1. The molecule has 0 amide bonds. The second-order valence-corrected chi connectivity index (χ2v) is 7.04. The number of aryl methyl sites for hydroxylation is 1. The lowest BCUT2D eigenvalue weighted by atomic mass is 10.1. The Hall–Kier alpha value is -2.53. The second kappa shape index (κ2) is 8.44. The molecule has 2 aromatic carbocycles. The van der Waals surface area contributed by atoms with Crippen LogP contribution in [-0.2, 0) is 0 Å². The number of anilines is 1. The molecule has 1 aliphatic heterocycles. The standard InChI is InChI=1S/C22H28N2O3/c1-16-7-5-6-8-20(16)24-12-11-23(17(2)14-24)15-21(25)19-10-9-18(26-3)13-22(19)27-4/h5-10,13,17H,11-12,14-15H2,1-4H3. The largest absolute Gasteiger partial charge is 0.497 e. The van der Waals surface area contributed by atoms with E-state index in [0.29, 0.717) is 29.6 Å². The van der Waals surface area contributed by atoms with Gasteiger partial charge in [-0.15, -0.1) is 0 Å². The molecule has 1 unspecified atom stereocenters. The summed E-state index contributed by atoms with van der Waals surface area (Å²) < 4.78 is 10.6. The van der Waals surface area contributed by atoms with E-state index in [0.717, 1.165) is 19.6 Å². The van der Waals surface area contributed by atoms with Crippen molar-refractivity contribution in [3.05, 3.63) is 53.6 Å². The Kier molecular flexibility index (Phi) is 6.01. The highest BCUT2D eigenvalue weighted by molar-refractivity contribution is 6.00. The molecule has 1 saturated heterocycles. The van der Waals surface area contributed by atoms with Crippen LogP contribution in [0.1, 0.15) is 22.8 Å². The lowest BCUT2D eigenvalue weighted by Gasteiger charge is -2.41. The molecule has 27 heavy (non-hydrogen) atoms. The van der Waals surface area contributed by atoms with Crippen molar-refractivity contribution in [2.75, 3.05) is 45.3 Å². The summed E-state index contributed by atoms with van der Waals surface area (Å²) in [7, 11) is 3.18. The number of piperazine rings is 1. The summed E-state index contributed by atoms with van der Waals surface area (Å²) in [4.78, 5) is 17.5. The molecule has 0 N–H and O–H groups in total. The highest BCUT2D eigenvalue weighted by Crippen LogP contribution is 2.26. The first-order valence-electron chi connectivity index (χ1n) is 9.33. The van der Waals surface area contributed by atoms with Crippen LogP contribution in [0.2, 0.25) is 0 Å². The number of Topliss-reactive ketones (excluding diaryl/α,β-unsaturated/α-hetero) is 1. The van der Waals surface area contributed by atoms with E-state index in [1.807, 2.05) is 0 Å². The van der Waals surface area contributed by atoms with Crippen LogP contribution < -0.4 is 14.4 Å². The van der Waals surface area contributed by atoms with Gasteiger partial charge in [-0.2, -0.15) is 0 Å². The minimum absolute atomic E-state index is 0.0747. The van der Waals surface area contributed by atoms with Gasteiger partial charge < -0.3 is 14.4 Å². The number of nitrogens with zero attached hydrogens (tertiary/aromatic N) is 2. The molecule has 0 saturated carbocycles. The molecule has 0 spiro atoms. The summed E-state index contributed by atoms with van der Waals surface area (Å²) in [6, 6.07) is 14.1. The molecule has 1 fully saturated rings. The van der Waals surface area contributed by atoms with Gasteiger partial charge in [0.2, 0.25) is 0 Å². The molecule has 144 valence electrons. The van der Waals surface area contributed by atoms with E-state index < -0.39 is 0 Å². The molecular weight excluding hydrogens is 340 g/mol. The fraction of sp³-hybridized carbons (Fsp3) is 0.409. The monoisotopic (exact) mass is 368 g/mol. The topological polar surface area (TPSA) is 42.0 Å². The maximum Gasteiger partial charge on any atom is 0.180 e. The first kappa shape index (κ1) is 19.2. The average Bonchev–Trinajstić information content (AvgIpc) is 2.69. The Labute approximate surface area is 161 Å². The van der Waals surface area contributed by atoms with E-state index in [9.17, 15) is 4.79 Å². The maximum atomic E-state index is 12.9. The average molecular weight is 368 g/mol. The van der Waals surface area contributed by atoms with Crippen LogP contribution in [-0.4, -0.2) is 57.1 Å². The molecule has 5 nitrogen and oxygen atoms in total. The van der Waals surface area contributed by atoms with Gasteiger partial charge in [0.15, 0.2) is 5.78 Å². The van der Waals surface area contributed by atoms with Gasteiger partial charge in [0, 0.05) is 37.4 Å². The number of ketones is 1. The summed E-state index contributed by atoms with van der Waals surface area (Å²) >= 11 is 0. The molecule has 0 bridgehead atoms. The molecule has 1 atom stereocenters. The molecule has 1 heterocycles. The van der Waals surface area contributed by atoms with Crippen molar-refractivity contribution in [3.63, 3.8) is 0 Å². The van der Waals surface area contributed by atoms with Crippen LogP contribution in [0, 0.1) is 6.92 Å². The van der Waals surface area contributed by atoms with Crippen LogP contribution in [0.5, 0.6) is 11.5 Å². The summed E-state index contributed by atoms with van der Waals surface area (Å²) in [5.74, 6) is 1.32. The molecule has 0 aromatic heterocycles. The van der Waals surface area contributed by atoms with Crippen LogP contribution in [0.25, 0.3) is 0 Å². The Morgan fingerprint density at radius 2 is 1.89 bits per heavy atom. The fourth-order valence-corrected chi connectivity index (χ4v) is 3.67. The van der Waals surface area contributed by atoms with E-state index in [2.05, 4.69) is 47.9 Å². The third-order valence-electron chi connectivity index (χ3n) is 5.28. The van der Waals surface area contributed by atoms with Crippen molar-refractivity contribution in [1.82, 2.24) is 4.90 Å².